The lowest BCUT2D eigenvalue weighted by atomic mass is 10.2. The molecule has 2 N–H and O–H groups in total. The minimum atomic E-state index is -0.293. The Labute approximate surface area is 156 Å². The molecule has 1 saturated heterocycles. The van der Waals surface area contributed by atoms with Gasteiger partial charge in [0.05, 0.1) is 18.6 Å². The van der Waals surface area contributed by atoms with Gasteiger partial charge in [-0.05, 0) is 17.7 Å². The van der Waals surface area contributed by atoms with Crippen molar-refractivity contribution >= 4 is 41.7 Å². The van der Waals surface area contributed by atoms with E-state index in [0.717, 1.165) is 30.2 Å². The first kappa shape index (κ1) is 18.1. The molecule has 23 heavy (non-hydrogen) atoms. The number of thioether (sulfide) groups is 1. The lowest BCUT2D eigenvalue weighted by molar-refractivity contribution is 0.455. The molecule has 0 amide bonds. The van der Waals surface area contributed by atoms with Crippen molar-refractivity contribution < 1.29 is 4.39 Å². The monoisotopic (exact) mass is 447 g/mol. The molecular formula is C15H19FIN5S. The summed E-state index contributed by atoms with van der Waals surface area (Å²) in [6.07, 6.45) is 4.90. The van der Waals surface area contributed by atoms with Gasteiger partial charge in [-0.15, -0.1) is 24.0 Å². The van der Waals surface area contributed by atoms with Crippen molar-refractivity contribution in [1.82, 2.24) is 14.5 Å². The molecule has 0 atom stereocenters. The highest BCUT2D eigenvalue weighted by Crippen LogP contribution is 2.16. The topological polar surface area (TPSA) is 59.4 Å². The summed E-state index contributed by atoms with van der Waals surface area (Å²) in [5.41, 5.74) is 7.28. The quantitative estimate of drug-likeness (QED) is 0.447. The van der Waals surface area contributed by atoms with E-state index < -0.39 is 0 Å². The third-order valence-corrected chi connectivity index (χ3v) is 4.50. The van der Waals surface area contributed by atoms with E-state index in [-0.39, 0.29) is 29.8 Å². The summed E-state index contributed by atoms with van der Waals surface area (Å²) in [4.78, 5) is 10.4. The predicted octanol–water partition coefficient (Wildman–Crippen LogP) is 2.49. The minimum Gasteiger partial charge on any atom is -0.370 e. The van der Waals surface area contributed by atoms with Crippen LogP contribution in [0.25, 0.3) is 5.69 Å². The molecule has 1 aliphatic rings. The van der Waals surface area contributed by atoms with Crippen molar-refractivity contribution in [2.75, 3.05) is 24.6 Å². The average Bonchev–Trinajstić information content (AvgIpc) is 3.07. The van der Waals surface area contributed by atoms with Gasteiger partial charge in [0, 0.05) is 37.0 Å². The number of guanidine groups is 1. The fourth-order valence-corrected chi connectivity index (χ4v) is 3.23. The summed E-state index contributed by atoms with van der Waals surface area (Å²) < 4.78 is 15.8. The van der Waals surface area contributed by atoms with Gasteiger partial charge >= 0.3 is 0 Å². The second-order valence-electron chi connectivity index (χ2n) is 5.03. The molecule has 0 aliphatic carbocycles. The van der Waals surface area contributed by atoms with Gasteiger partial charge in [0.2, 0.25) is 0 Å². The van der Waals surface area contributed by atoms with Crippen LogP contribution in [0.15, 0.2) is 41.9 Å². The van der Waals surface area contributed by atoms with Crippen molar-refractivity contribution in [3.63, 3.8) is 0 Å². The molecule has 2 heterocycles. The molecular weight excluding hydrogens is 428 g/mol. The first-order valence-electron chi connectivity index (χ1n) is 7.13. The molecule has 3 rings (SSSR count). The van der Waals surface area contributed by atoms with Crippen LogP contribution in [0.2, 0.25) is 0 Å². The highest BCUT2D eigenvalue weighted by molar-refractivity contribution is 14.0. The lowest BCUT2D eigenvalue weighted by Crippen LogP contribution is -2.42. The first-order chi connectivity index (χ1) is 10.7. The van der Waals surface area contributed by atoms with Crippen molar-refractivity contribution in [2.24, 2.45) is 10.7 Å². The van der Waals surface area contributed by atoms with Crippen LogP contribution in [0.4, 0.5) is 4.39 Å². The smallest absolute Gasteiger partial charge is 0.191 e. The van der Waals surface area contributed by atoms with Crippen LogP contribution in [0.5, 0.6) is 0 Å². The highest BCUT2D eigenvalue weighted by Gasteiger charge is 2.12. The second-order valence-corrected chi connectivity index (χ2v) is 6.25. The lowest BCUT2D eigenvalue weighted by Gasteiger charge is -2.27. The molecule has 0 saturated carbocycles. The molecule has 0 unspecified atom stereocenters. The van der Waals surface area contributed by atoms with Gasteiger partial charge < -0.3 is 15.2 Å². The first-order valence-corrected chi connectivity index (χ1v) is 8.29. The SMILES string of the molecule is I.NC(=NCc1ccc(-n2ccnc2)c(F)c1)N1CCSCC1. The molecule has 1 aromatic carbocycles. The van der Waals surface area contributed by atoms with E-state index in [4.69, 9.17) is 5.73 Å². The molecule has 0 radical (unpaired) electrons. The maximum atomic E-state index is 14.2. The Hall–Kier alpha value is -1.29. The van der Waals surface area contributed by atoms with Crippen LogP contribution in [0, 0.1) is 5.82 Å². The number of hydrogen-bond donors (Lipinski definition) is 1. The fraction of sp³-hybridized carbons (Fsp3) is 0.333. The third-order valence-electron chi connectivity index (χ3n) is 3.55. The zero-order valence-corrected chi connectivity index (χ0v) is 15.7. The van der Waals surface area contributed by atoms with E-state index in [1.165, 1.54) is 6.07 Å². The van der Waals surface area contributed by atoms with E-state index in [1.807, 2.05) is 17.8 Å². The summed E-state index contributed by atoms with van der Waals surface area (Å²) in [6.45, 7) is 2.23. The molecule has 1 fully saturated rings. The number of rotatable bonds is 3. The van der Waals surface area contributed by atoms with E-state index >= 15 is 0 Å². The molecule has 2 aromatic rings. The molecule has 8 heteroatoms. The Morgan fingerprint density at radius 1 is 1.35 bits per heavy atom. The fourth-order valence-electron chi connectivity index (χ4n) is 2.32. The molecule has 0 bridgehead atoms. The summed E-state index contributed by atoms with van der Waals surface area (Å²) in [7, 11) is 0. The summed E-state index contributed by atoms with van der Waals surface area (Å²) in [5.74, 6) is 2.40. The number of nitrogens with zero attached hydrogens (tertiary/aromatic N) is 4. The number of aromatic nitrogens is 2. The van der Waals surface area contributed by atoms with Crippen LogP contribution < -0.4 is 5.73 Å². The average molecular weight is 447 g/mol. The number of aliphatic imine (C=N–C) groups is 1. The van der Waals surface area contributed by atoms with Gasteiger partial charge in [-0.3, -0.25) is 0 Å². The Balaban J connectivity index is 0.00000192. The van der Waals surface area contributed by atoms with Gasteiger partial charge in [0.15, 0.2) is 5.96 Å². The molecule has 0 spiro atoms. The van der Waals surface area contributed by atoms with Crippen molar-refractivity contribution in [1.29, 1.82) is 0 Å². The maximum absolute atomic E-state index is 14.2. The van der Waals surface area contributed by atoms with Crippen LogP contribution in [-0.2, 0) is 6.54 Å². The third kappa shape index (κ3) is 4.60. The van der Waals surface area contributed by atoms with Crippen molar-refractivity contribution in [3.8, 4) is 5.69 Å². The molecule has 124 valence electrons. The Morgan fingerprint density at radius 2 is 2.13 bits per heavy atom. The van der Waals surface area contributed by atoms with Gasteiger partial charge in [0.25, 0.3) is 0 Å². The molecule has 5 nitrogen and oxygen atoms in total. The molecule has 1 aliphatic heterocycles. The number of imidazole rings is 1. The van der Waals surface area contributed by atoms with E-state index in [1.54, 1.807) is 29.4 Å². The van der Waals surface area contributed by atoms with Gasteiger partial charge in [-0.25, -0.2) is 14.4 Å². The van der Waals surface area contributed by atoms with E-state index in [2.05, 4.69) is 14.9 Å². The van der Waals surface area contributed by atoms with Crippen LogP contribution in [-0.4, -0.2) is 45.0 Å². The van der Waals surface area contributed by atoms with Crippen molar-refractivity contribution in [2.45, 2.75) is 6.54 Å². The largest absolute Gasteiger partial charge is 0.370 e. The number of halogens is 2. The number of hydrogen-bond acceptors (Lipinski definition) is 3. The zero-order valence-electron chi connectivity index (χ0n) is 12.6. The van der Waals surface area contributed by atoms with Gasteiger partial charge in [-0.2, -0.15) is 11.8 Å². The Bertz CT molecular complexity index is 656. The summed E-state index contributed by atoms with van der Waals surface area (Å²) >= 11 is 1.92. The highest BCUT2D eigenvalue weighted by atomic mass is 127. The predicted molar refractivity (Wildman–Crippen MR) is 103 cm³/mol. The normalized spacial score (nSPS) is 15.3. The number of nitrogens with two attached hydrogens (primary N) is 1. The van der Waals surface area contributed by atoms with Crippen LogP contribution >= 0.6 is 35.7 Å². The summed E-state index contributed by atoms with van der Waals surface area (Å²) in [5, 5.41) is 0. The van der Waals surface area contributed by atoms with Gasteiger partial charge in [0.1, 0.15) is 5.82 Å². The Morgan fingerprint density at radius 3 is 2.78 bits per heavy atom. The standard InChI is InChI=1S/C15H18FN5S.HI/c16-13-9-12(1-2-14(13)21-4-3-18-11-21)10-19-15(17)20-5-7-22-8-6-20;/h1-4,9,11H,5-8,10H2,(H2,17,19);1H. The number of benzene rings is 1. The van der Waals surface area contributed by atoms with E-state index in [0.29, 0.717) is 18.2 Å². The van der Waals surface area contributed by atoms with E-state index in [9.17, 15) is 4.39 Å². The van der Waals surface area contributed by atoms with Crippen LogP contribution in [0.3, 0.4) is 0 Å². The maximum Gasteiger partial charge on any atom is 0.191 e. The summed E-state index contributed by atoms with van der Waals surface area (Å²) in [6, 6.07) is 5.09. The molecule has 1 aromatic heterocycles. The van der Waals surface area contributed by atoms with Gasteiger partial charge in [-0.1, -0.05) is 6.07 Å². The minimum absolute atomic E-state index is 0. The second kappa shape index (κ2) is 8.53. The van der Waals surface area contributed by atoms with Crippen molar-refractivity contribution in [3.05, 3.63) is 48.3 Å². The van der Waals surface area contributed by atoms with Crippen LogP contribution in [0.1, 0.15) is 5.56 Å². The zero-order chi connectivity index (χ0) is 15.4. The Kier molecular flexibility index (Phi) is 6.70.